The number of rotatable bonds is 11. The quantitative estimate of drug-likeness (QED) is 0.253. The highest BCUT2D eigenvalue weighted by Crippen LogP contribution is 2.54. The van der Waals surface area contributed by atoms with E-state index in [0.717, 1.165) is 32.1 Å². The summed E-state index contributed by atoms with van der Waals surface area (Å²) < 4.78 is 49.1. The summed E-state index contributed by atoms with van der Waals surface area (Å²) in [6.45, 7) is 10.2. The highest BCUT2D eigenvalue weighted by atomic mass is 32.2. The van der Waals surface area contributed by atoms with Gasteiger partial charge in [0.05, 0.1) is 10.7 Å². The predicted molar refractivity (Wildman–Crippen MR) is 126 cm³/mol. The lowest BCUT2D eigenvalue weighted by Gasteiger charge is -2.48. The Bertz CT molecular complexity index is 716. The number of unbranched alkanes of at least 4 members (excludes halogenated alkanes) is 4. The molecule has 2 N–H and O–H groups in total. The fraction of sp³-hybridized carbons (Fsp3) is 0.958. The summed E-state index contributed by atoms with van der Waals surface area (Å²) >= 11 is 0. The van der Waals surface area contributed by atoms with Crippen molar-refractivity contribution in [3.8, 4) is 0 Å². The van der Waals surface area contributed by atoms with E-state index in [-0.39, 0.29) is 18.8 Å². The van der Waals surface area contributed by atoms with Crippen molar-refractivity contribution in [1.29, 1.82) is 0 Å². The first-order chi connectivity index (χ1) is 14.9. The van der Waals surface area contributed by atoms with Gasteiger partial charge in [-0.25, -0.2) is 12.8 Å². The molecule has 3 atom stereocenters. The van der Waals surface area contributed by atoms with Crippen molar-refractivity contribution in [3.05, 3.63) is 0 Å². The van der Waals surface area contributed by atoms with Crippen LogP contribution >= 0.6 is 0 Å². The standard InChI is InChI=1S/C24H45FN2O4S/c1-6-8-9-10-11-12-19(7-2)21(28)31-24(27-32(29,30)22(3,4)5)18-20(25)17-23(24)13-15-26-16-14-23/h19-20,26-27H,6-18H2,1-5H3/t19-,20+,24-/m1/s1. The Morgan fingerprint density at radius 1 is 1.12 bits per heavy atom. The van der Waals surface area contributed by atoms with E-state index in [0.29, 0.717) is 32.4 Å². The Balaban J connectivity index is 2.29. The van der Waals surface area contributed by atoms with Gasteiger partial charge in [-0.1, -0.05) is 46.0 Å². The summed E-state index contributed by atoms with van der Waals surface area (Å²) in [5.74, 6) is -0.698. The normalized spacial score (nSPS) is 26.9. The minimum atomic E-state index is -3.86. The van der Waals surface area contributed by atoms with E-state index in [1.165, 1.54) is 6.42 Å². The van der Waals surface area contributed by atoms with Gasteiger partial charge in [-0.3, -0.25) is 4.79 Å². The summed E-state index contributed by atoms with van der Waals surface area (Å²) in [7, 11) is -3.86. The molecule has 0 unspecified atom stereocenters. The molecule has 1 saturated heterocycles. The molecule has 2 fully saturated rings. The van der Waals surface area contributed by atoms with Crippen molar-refractivity contribution in [2.24, 2.45) is 11.3 Å². The molecule has 0 radical (unpaired) electrons. The lowest BCUT2D eigenvalue weighted by molar-refractivity contribution is -0.184. The maximum Gasteiger partial charge on any atom is 0.310 e. The Hall–Kier alpha value is -0.730. The SMILES string of the molecule is CCCCCCC[C@@H](CC)C(=O)O[C@]1(NS(=O)(=O)C(C)(C)C)C[C@@H](F)CC12CCNCC2. The number of hydrogen-bond donors (Lipinski definition) is 2. The van der Waals surface area contributed by atoms with Gasteiger partial charge in [0.25, 0.3) is 0 Å². The van der Waals surface area contributed by atoms with Crippen molar-refractivity contribution in [2.45, 2.75) is 122 Å². The van der Waals surface area contributed by atoms with Crippen LogP contribution in [0.2, 0.25) is 0 Å². The molecule has 32 heavy (non-hydrogen) atoms. The van der Waals surface area contributed by atoms with Gasteiger partial charge in [-0.05, 0) is 66.0 Å². The third kappa shape index (κ3) is 6.23. The van der Waals surface area contributed by atoms with Gasteiger partial charge in [0.1, 0.15) is 6.17 Å². The van der Waals surface area contributed by atoms with Crippen molar-refractivity contribution in [2.75, 3.05) is 13.1 Å². The Morgan fingerprint density at radius 3 is 2.31 bits per heavy atom. The number of nitrogens with one attached hydrogen (secondary N) is 2. The van der Waals surface area contributed by atoms with Gasteiger partial charge in [0.15, 0.2) is 5.72 Å². The number of carbonyl (C=O) groups is 1. The van der Waals surface area contributed by atoms with Crippen LogP contribution in [-0.2, 0) is 19.6 Å². The lowest BCUT2D eigenvalue weighted by atomic mass is 9.72. The van der Waals surface area contributed by atoms with Gasteiger partial charge in [-0.15, -0.1) is 0 Å². The summed E-state index contributed by atoms with van der Waals surface area (Å²) in [5.41, 5.74) is -2.27. The van der Waals surface area contributed by atoms with Crippen LogP contribution in [0, 0.1) is 11.3 Å². The van der Waals surface area contributed by atoms with Crippen LogP contribution in [0.4, 0.5) is 4.39 Å². The van der Waals surface area contributed by atoms with Crippen molar-refractivity contribution < 1.29 is 22.3 Å². The molecule has 2 rings (SSSR count). The maximum absolute atomic E-state index is 14.9. The minimum Gasteiger partial charge on any atom is -0.442 e. The molecule has 1 spiro atoms. The number of piperidine rings is 1. The second-order valence-corrected chi connectivity index (χ2v) is 13.2. The van der Waals surface area contributed by atoms with Crippen LogP contribution < -0.4 is 10.0 Å². The number of hydrogen-bond acceptors (Lipinski definition) is 5. The van der Waals surface area contributed by atoms with Crippen molar-refractivity contribution in [3.63, 3.8) is 0 Å². The average molecular weight is 477 g/mol. The molecule has 0 aromatic heterocycles. The Labute approximate surface area is 194 Å². The van der Waals surface area contributed by atoms with Gasteiger partial charge in [-0.2, -0.15) is 4.72 Å². The Kier molecular flexibility index (Phi) is 9.57. The molecule has 2 aliphatic rings. The molecule has 6 nitrogen and oxygen atoms in total. The molecule has 1 heterocycles. The highest BCUT2D eigenvalue weighted by Gasteiger charge is 2.63. The summed E-state index contributed by atoms with van der Waals surface area (Å²) in [4.78, 5) is 13.3. The molecular formula is C24H45FN2O4S. The van der Waals surface area contributed by atoms with Crippen LogP contribution in [-0.4, -0.2) is 44.1 Å². The first-order valence-corrected chi connectivity index (χ1v) is 14.0. The van der Waals surface area contributed by atoms with E-state index in [2.05, 4.69) is 17.0 Å². The predicted octanol–water partition coefficient (Wildman–Crippen LogP) is 4.83. The fourth-order valence-corrected chi connectivity index (χ4v) is 6.21. The number of esters is 1. The largest absolute Gasteiger partial charge is 0.442 e. The van der Waals surface area contributed by atoms with Crippen LogP contribution in [0.25, 0.3) is 0 Å². The first kappa shape index (κ1) is 27.5. The summed E-state index contributed by atoms with van der Waals surface area (Å²) in [6, 6.07) is 0. The average Bonchev–Trinajstić information content (AvgIpc) is 2.93. The maximum atomic E-state index is 14.9. The molecule has 1 aliphatic heterocycles. The Morgan fingerprint density at radius 2 is 1.75 bits per heavy atom. The van der Waals surface area contributed by atoms with E-state index in [9.17, 15) is 17.6 Å². The van der Waals surface area contributed by atoms with Crippen molar-refractivity contribution in [1.82, 2.24) is 10.0 Å². The van der Waals surface area contributed by atoms with Crippen LogP contribution in [0.15, 0.2) is 0 Å². The van der Waals surface area contributed by atoms with Crippen molar-refractivity contribution >= 4 is 16.0 Å². The first-order valence-electron chi connectivity index (χ1n) is 12.5. The number of ether oxygens (including phenoxy) is 1. The van der Waals surface area contributed by atoms with Crippen LogP contribution in [0.3, 0.4) is 0 Å². The molecule has 1 aliphatic carbocycles. The van der Waals surface area contributed by atoms with E-state index in [1.54, 1.807) is 20.8 Å². The third-order valence-electron chi connectivity index (χ3n) is 7.40. The van der Waals surface area contributed by atoms with Gasteiger partial charge in [0, 0.05) is 11.8 Å². The second kappa shape index (κ2) is 11.1. The highest BCUT2D eigenvalue weighted by molar-refractivity contribution is 7.90. The zero-order valence-electron chi connectivity index (χ0n) is 20.8. The number of sulfonamides is 1. The molecule has 0 aromatic rings. The minimum absolute atomic E-state index is 0.124. The van der Waals surface area contributed by atoms with E-state index >= 15 is 0 Å². The number of halogens is 1. The topological polar surface area (TPSA) is 84.5 Å². The van der Waals surface area contributed by atoms with Gasteiger partial charge in [0.2, 0.25) is 10.0 Å². The van der Waals surface area contributed by atoms with E-state index < -0.39 is 38.1 Å². The molecule has 8 heteroatoms. The molecule has 1 saturated carbocycles. The van der Waals surface area contributed by atoms with Gasteiger partial charge < -0.3 is 10.1 Å². The van der Waals surface area contributed by atoms with E-state index in [1.807, 2.05) is 6.92 Å². The lowest BCUT2D eigenvalue weighted by Crippen LogP contribution is -2.64. The summed E-state index contributed by atoms with van der Waals surface area (Å²) in [6.07, 6.45) is 6.87. The second-order valence-electron chi connectivity index (χ2n) is 10.8. The molecule has 0 amide bonds. The smallest absolute Gasteiger partial charge is 0.310 e. The number of carbonyl (C=O) groups excluding carboxylic acids is 1. The van der Waals surface area contributed by atoms with Crippen LogP contribution in [0.1, 0.15) is 105 Å². The van der Waals surface area contributed by atoms with Crippen LogP contribution in [0.5, 0.6) is 0 Å². The summed E-state index contributed by atoms with van der Waals surface area (Å²) in [5, 5.41) is 3.27. The third-order valence-corrected chi connectivity index (χ3v) is 9.61. The zero-order valence-corrected chi connectivity index (χ0v) is 21.6. The fourth-order valence-electron chi connectivity index (χ4n) is 5.13. The zero-order chi connectivity index (χ0) is 24.0. The number of alkyl halides is 1. The molecule has 0 bridgehead atoms. The molecular weight excluding hydrogens is 431 g/mol. The molecule has 188 valence electrons. The van der Waals surface area contributed by atoms with E-state index in [4.69, 9.17) is 4.74 Å². The monoisotopic (exact) mass is 476 g/mol. The van der Waals surface area contributed by atoms with Gasteiger partial charge >= 0.3 is 5.97 Å². The molecule has 0 aromatic carbocycles.